The van der Waals surface area contributed by atoms with Gasteiger partial charge < -0.3 is 20.0 Å². The van der Waals surface area contributed by atoms with E-state index in [-0.39, 0.29) is 36.2 Å². The van der Waals surface area contributed by atoms with Crippen LogP contribution in [0.3, 0.4) is 0 Å². The van der Waals surface area contributed by atoms with Crippen LogP contribution in [0.1, 0.15) is 33.6 Å². The SMILES string of the molecule is CN(C)C(=O)c1ccc(C(=O)N2CCCC(N3CCNCC3=O)C2)cc1.Cl. The van der Waals surface area contributed by atoms with Crippen molar-refractivity contribution in [2.45, 2.75) is 18.9 Å². The molecule has 2 saturated heterocycles. The standard InChI is InChI=1S/C19H26N4O3.ClH/c1-21(2)18(25)14-5-7-15(8-6-14)19(26)22-10-3-4-16(13-22)23-11-9-20-12-17(23)24;/h5-8,16,20H,3-4,9-13H2,1-2H3;1H. The van der Waals surface area contributed by atoms with E-state index in [1.54, 1.807) is 38.4 Å². The zero-order valence-corrected chi connectivity index (χ0v) is 16.6. The summed E-state index contributed by atoms with van der Waals surface area (Å²) in [4.78, 5) is 42.2. The number of benzene rings is 1. The van der Waals surface area contributed by atoms with Gasteiger partial charge in [0.2, 0.25) is 5.91 Å². The second-order valence-electron chi connectivity index (χ2n) is 7.09. The fourth-order valence-electron chi connectivity index (χ4n) is 3.60. The number of hydrogen-bond acceptors (Lipinski definition) is 4. The number of amides is 3. The van der Waals surface area contributed by atoms with E-state index in [1.165, 1.54) is 4.90 Å². The van der Waals surface area contributed by atoms with Crippen LogP contribution in [0, 0.1) is 0 Å². The molecule has 0 bridgehead atoms. The van der Waals surface area contributed by atoms with Gasteiger partial charge in [0, 0.05) is 57.4 Å². The topological polar surface area (TPSA) is 73.0 Å². The van der Waals surface area contributed by atoms with Crippen LogP contribution in [-0.4, -0.2) is 85.3 Å². The predicted molar refractivity (Wildman–Crippen MR) is 105 cm³/mol. The summed E-state index contributed by atoms with van der Waals surface area (Å²) in [7, 11) is 3.40. The van der Waals surface area contributed by atoms with Crippen molar-refractivity contribution in [3.05, 3.63) is 35.4 Å². The molecule has 8 heteroatoms. The van der Waals surface area contributed by atoms with Crippen molar-refractivity contribution < 1.29 is 14.4 Å². The van der Waals surface area contributed by atoms with Gasteiger partial charge in [0.25, 0.3) is 11.8 Å². The number of carbonyl (C=O) groups is 3. The van der Waals surface area contributed by atoms with Gasteiger partial charge >= 0.3 is 0 Å². The minimum Gasteiger partial charge on any atom is -0.345 e. The lowest BCUT2D eigenvalue weighted by atomic mass is 10.0. The number of rotatable bonds is 3. The van der Waals surface area contributed by atoms with E-state index < -0.39 is 0 Å². The molecule has 148 valence electrons. The van der Waals surface area contributed by atoms with Crippen LogP contribution in [0.2, 0.25) is 0 Å². The Morgan fingerprint density at radius 2 is 1.78 bits per heavy atom. The molecule has 2 aliphatic rings. The van der Waals surface area contributed by atoms with Gasteiger partial charge in [0.05, 0.1) is 6.54 Å². The Hall–Kier alpha value is -2.12. The predicted octanol–water partition coefficient (Wildman–Crippen LogP) is 0.847. The van der Waals surface area contributed by atoms with Gasteiger partial charge in [-0.25, -0.2) is 0 Å². The lowest BCUT2D eigenvalue weighted by molar-refractivity contribution is -0.135. The zero-order valence-electron chi connectivity index (χ0n) is 15.8. The van der Waals surface area contributed by atoms with Crippen LogP contribution >= 0.6 is 12.4 Å². The number of nitrogens with zero attached hydrogens (tertiary/aromatic N) is 3. The smallest absolute Gasteiger partial charge is 0.253 e. The van der Waals surface area contributed by atoms with Gasteiger partial charge in [-0.05, 0) is 37.1 Å². The minimum atomic E-state index is -0.0840. The molecule has 1 atom stereocenters. The van der Waals surface area contributed by atoms with Crippen molar-refractivity contribution >= 4 is 30.1 Å². The molecule has 2 heterocycles. The highest BCUT2D eigenvalue weighted by molar-refractivity contribution is 5.97. The molecule has 3 amide bonds. The van der Waals surface area contributed by atoms with Gasteiger partial charge in [-0.2, -0.15) is 0 Å². The Labute approximate surface area is 166 Å². The summed E-state index contributed by atoms with van der Waals surface area (Å²) < 4.78 is 0. The summed E-state index contributed by atoms with van der Waals surface area (Å²) in [6.45, 7) is 3.16. The zero-order chi connectivity index (χ0) is 18.7. The van der Waals surface area contributed by atoms with E-state index in [0.29, 0.717) is 37.3 Å². The van der Waals surface area contributed by atoms with Gasteiger partial charge in [-0.3, -0.25) is 14.4 Å². The highest BCUT2D eigenvalue weighted by atomic mass is 35.5. The highest BCUT2D eigenvalue weighted by Crippen LogP contribution is 2.19. The van der Waals surface area contributed by atoms with Gasteiger partial charge in [-0.15, -0.1) is 12.4 Å². The van der Waals surface area contributed by atoms with Gasteiger partial charge in [-0.1, -0.05) is 0 Å². The minimum absolute atomic E-state index is 0. The van der Waals surface area contributed by atoms with Crippen LogP contribution in [0.5, 0.6) is 0 Å². The molecule has 0 saturated carbocycles. The normalized spacial score (nSPS) is 20.1. The number of likely N-dealkylation sites (tertiary alicyclic amines) is 1. The van der Waals surface area contributed by atoms with Crippen molar-refractivity contribution in [3.8, 4) is 0 Å². The lowest BCUT2D eigenvalue weighted by Gasteiger charge is -2.41. The van der Waals surface area contributed by atoms with Crippen molar-refractivity contribution in [2.24, 2.45) is 0 Å². The number of piperidine rings is 1. The molecule has 0 spiro atoms. The molecule has 2 fully saturated rings. The fraction of sp³-hybridized carbons (Fsp3) is 0.526. The van der Waals surface area contributed by atoms with Crippen molar-refractivity contribution in [3.63, 3.8) is 0 Å². The molecule has 1 N–H and O–H groups in total. The largest absolute Gasteiger partial charge is 0.345 e. The first-order valence-corrected chi connectivity index (χ1v) is 9.08. The first kappa shape index (κ1) is 21.2. The average molecular weight is 395 g/mol. The maximum absolute atomic E-state index is 12.8. The van der Waals surface area contributed by atoms with Crippen LogP contribution < -0.4 is 5.32 Å². The van der Waals surface area contributed by atoms with E-state index in [4.69, 9.17) is 0 Å². The van der Waals surface area contributed by atoms with E-state index in [1.807, 2.05) is 9.80 Å². The molecule has 0 aromatic heterocycles. The summed E-state index contributed by atoms with van der Waals surface area (Å²) in [5, 5.41) is 3.08. The lowest BCUT2D eigenvalue weighted by Crippen LogP contribution is -2.57. The van der Waals surface area contributed by atoms with Crippen LogP contribution in [0.25, 0.3) is 0 Å². The summed E-state index contributed by atoms with van der Waals surface area (Å²) >= 11 is 0. The number of hydrogen-bond donors (Lipinski definition) is 1. The third-order valence-electron chi connectivity index (χ3n) is 5.04. The Bertz CT molecular complexity index is 693. The number of carbonyl (C=O) groups excluding carboxylic acids is 3. The number of halogens is 1. The monoisotopic (exact) mass is 394 g/mol. The molecule has 0 radical (unpaired) electrons. The van der Waals surface area contributed by atoms with E-state index in [9.17, 15) is 14.4 Å². The molecule has 1 aromatic carbocycles. The van der Waals surface area contributed by atoms with Crippen molar-refractivity contribution in [1.29, 1.82) is 0 Å². The van der Waals surface area contributed by atoms with Gasteiger partial charge in [0.1, 0.15) is 0 Å². The van der Waals surface area contributed by atoms with Crippen LogP contribution in [0.15, 0.2) is 24.3 Å². The first-order valence-electron chi connectivity index (χ1n) is 9.08. The summed E-state index contributed by atoms with van der Waals surface area (Å²) in [6.07, 6.45) is 1.83. The molecule has 7 nitrogen and oxygen atoms in total. The molecule has 1 unspecified atom stereocenters. The van der Waals surface area contributed by atoms with E-state index in [0.717, 1.165) is 19.4 Å². The second kappa shape index (κ2) is 9.19. The molecular formula is C19H27ClN4O3. The molecule has 27 heavy (non-hydrogen) atoms. The highest BCUT2D eigenvalue weighted by Gasteiger charge is 2.31. The summed E-state index contributed by atoms with van der Waals surface area (Å²) in [5.74, 6) is -0.0116. The Balaban J connectivity index is 0.00000261. The molecular weight excluding hydrogens is 368 g/mol. The third-order valence-corrected chi connectivity index (χ3v) is 5.04. The second-order valence-corrected chi connectivity index (χ2v) is 7.09. The molecule has 3 rings (SSSR count). The Morgan fingerprint density at radius 3 is 2.41 bits per heavy atom. The average Bonchev–Trinajstić information content (AvgIpc) is 2.67. The van der Waals surface area contributed by atoms with Crippen LogP contribution in [-0.2, 0) is 4.79 Å². The van der Waals surface area contributed by atoms with E-state index in [2.05, 4.69) is 5.32 Å². The molecule has 2 aliphatic heterocycles. The first-order chi connectivity index (χ1) is 12.5. The Kier molecular flexibility index (Phi) is 7.21. The molecule has 1 aromatic rings. The van der Waals surface area contributed by atoms with Crippen molar-refractivity contribution in [2.75, 3.05) is 46.8 Å². The van der Waals surface area contributed by atoms with Crippen LogP contribution in [0.4, 0.5) is 0 Å². The summed E-state index contributed by atoms with van der Waals surface area (Å²) in [5.41, 5.74) is 1.14. The van der Waals surface area contributed by atoms with E-state index >= 15 is 0 Å². The number of nitrogens with one attached hydrogen (secondary N) is 1. The third kappa shape index (κ3) is 4.78. The fourth-order valence-corrected chi connectivity index (χ4v) is 3.60. The molecule has 0 aliphatic carbocycles. The Morgan fingerprint density at radius 1 is 1.11 bits per heavy atom. The maximum Gasteiger partial charge on any atom is 0.253 e. The van der Waals surface area contributed by atoms with Crippen molar-refractivity contribution in [1.82, 2.24) is 20.0 Å². The maximum atomic E-state index is 12.8. The van der Waals surface area contributed by atoms with Gasteiger partial charge in [0.15, 0.2) is 0 Å². The summed E-state index contributed by atoms with van der Waals surface area (Å²) in [6, 6.07) is 6.89. The quantitative estimate of drug-likeness (QED) is 0.824. The number of piperazine rings is 1.